The Bertz CT molecular complexity index is 423. The van der Waals surface area contributed by atoms with E-state index in [4.69, 9.17) is 0 Å². The van der Waals surface area contributed by atoms with Crippen molar-refractivity contribution in [2.45, 2.75) is 12.9 Å². The van der Waals surface area contributed by atoms with E-state index >= 15 is 0 Å². The molecule has 0 aliphatic carbocycles. The molecule has 0 spiro atoms. The van der Waals surface area contributed by atoms with Gasteiger partial charge in [-0.05, 0) is 30.6 Å². The highest BCUT2D eigenvalue weighted by Gasteiger charge is 2.31. The highest BCUT2D eigenvalue weighted by molar-refractivity contribution is 5.47. The first kappa shape index (κ1) is 12.1. The summed E-state index contributed by atoms with van der Waals surface area (Å²) in [6.07, 6.45) is -4.75. The van der Waals surface area contributed by atoms with Crippen LogP contribution in [0.25, 0.3) is 0 Å². The molecule has 0 aromatic heterocycles. The first-order chi connectivity index (χ1) is 7.42. The number of nitrogens with zero attached hydrogens (tertiary/aromatic N) is 1. The molecule has 0 radical (unpaired) electrons. The molecule has 0 amide bonds. The summed E-state index contributed by atoms with van der Waals surface area (Å²) in [7, 11) is 0. The fourth-order valence-corrected chi connectivity index (χ4v) is 1.03. The molecule has 86 valence electrons. The molecule has 0 aliphatic heterocycles. The Morgan fingerprint density at radius 2 is 2.12 bits per heavy atom. The number of hydrogen-bond donors (Lipinski definition) is 1. The highest BCUT2D eigenvalue weighted by atomic mass is 19.4. The lowest BCUT2D eigenvalue weighted by molar-refractivity contribution is -0.274. The van der Waals surface area contributed by atoms with Crippen molar-refractivity contribution < 1.29 is 23.0 Å². The Hall–Kier alpha value is -1.94. The maximum absolute atomic E-state index is 11.9. The molecule has 0 aliphatic rings. The Morgan fingerprint density at radius 1 is 1.44 bits per heavy atom. The number of rotatable bonds is 3. The quantitative estimate of drug-likeness (QED) is 0.812. The Morgan fingerprint density at radius 3 is 2.69 bits per heavy atom. The SMILES string of the molecule is C=C=NCc1cc(OC(F)(F)F)ccc1O. The summed E-state index contributed by atoms with van der Waals surface area (Å²) >= 11 is 0. The number of ether oxygens (including phenoxy) is 1. The lowest BCUT2D eigenvalue weighted by Crippen LogP contribution is -2.17. The van der Waals surface area contributed by atoms with E-state index in [1.165, 1.54) is 0 Å². The molecule has 1 N–H and O–H groups in total. The Kier molecular flexibility index (Phi) is 3.58. The number of aromatic hydroxyl groups is 1. The van der Waals surface area contributed by atoms with Gasteiger partial charge in [-0.25, -0.2) is 4.99 Å². The summed E-state index contributed by atoms with van der Waals surface area (Å²) in [4.78, 5) is 3.58. The minimum absolute atomic E-state index is 0.00953. The number of aliphatic imine (C=N–C) groups is 1. The summed E-state index contributed by atoms with van der Waals surface area (Å²) in [5, 5.41) is 9.31. The van der Waals surface area contributed by atoms with E-state index in [2.05, 4.69) is 22.2 Å². The van der Waals surface area contributed by atoms with Crippen LogP contribution in [0.3, 0.4) is 0 Å². The predicted molar refractivity (Wildman–Crippen MR) is 51.6 cm³/mol. The van der Waals surface area contributed by atoms with Crippen molar-refractivity contribution in [1.29, 1.82) is 0 Å². The van der Waals surface area contributed by atoms with E-state index in [0.29, 0.717) is 0 Å². The number of halogens is 3. The van der Waals surface area contributed by atoms with Gasteiger partial charge >= 0.3 is 6.36 Å². The van der Waals surface area contributed by atoms with Crippen molar-refractivity contribution in [2.75, 3.05) is 0 Å². The lowest BCUT2D eigenvalue weighted by atomic mass is 10.2. The molecule has 1 aromatic carbocycles. The number of hydrogen-bond acceptors (Lipinski definition) is 3. The third-order valence-electron chi connectivity index (χ3n) is 1.65. The number of phenolic OH excluding ortho intramolecular Hbond substituents is 1. The van der Waals surface area contributed by atoms with Crippen LogP contribution in [-0.2, 0) is 6.54 Å². The molecule has 0 unspecified atom stereocenters. The van der Waals surface area contributed by atoms with E-state index in [9.17, 15) is 18.3 Å². The van der Waals surface area contributed by atoms with E-state index in [1.54, 1.807) is 0 Å². The zero-order chi connectivity index (χ0) is 12.2. The molecular formula is C10H8F3NO2. The van der Waals surface area contributed by atoms with Crippen LogP contribution in [0.15, 0.2) is 29.8 Å². The van der Waals surface area contributed by atoms with Gasteiger partial charge in [0, 0.05) is 5.56 Å². The summed E-state index contributed by atoms with van der Waals surface area (Å²) in [5.74, 6) is 1.65. The standard InChI is InChI=1S/C10H8F3NO2/c1-2-14-6-7-5-8(3-4-9(7)15)16-10(11,12)13/h3-5,15H,1,6H2. The predicted octanol–water partition coefficient (Wildman–Crippen LogP) is 2.65. The molecule has 0 heterocycles. The monoisotopic (exact) mass is 231 g/mol. The fourth-order valence-electron chi connectivity index (χ4n) is 1.03. The first-order valence-corrected chi connectivity index (χ1v) is 4.18. The molecule has 0 saturated carbocycles. The lowest BCUT2D eigenvalue weighted by Gasteiger charge is -2.10. The van der Waals surface area contributed by atoms with E-state index in [-0.39, 0.29) is 17.9 Å². The molecule has 6 heteroatoms. The van der Waals surface area contributed by atoms with Gasteiger partial charge in [0.2, 0.25) is 0 Å². The zero-order valence-corrected chi connectivity index (χ0v) is 8.08. The van der Waals surface area contributed by atoms with Crippen molar-refractivity contribution in [3.63, 3.8) is 0 Å². The largest absolute Gasteiger partial charge is 0.573 e. The average Bonchev–Trinajstić information content (AvgIpc) is 2.17. The van der Waals surface area contributed by atoms with Crippen LogP contribution in [-0.4, -0.2) is 17.3 Å². The van der Waals surface area contributed by atoms with Crippen LogP contribution < -0.4 is 4.74 Å². The number of phenols is 1. The average molecular weight is 231 g/mol. The third kappa shape index (κ3) is 3.67. The molecular weight excluding hydrogens is 223 g/mol. The normalized spacial score (nSPS) is 10.7. The maximum atomic E-state index is 11.9. The molecule has 3 nitrogen and oxygen atoms in total. The van der Waals surface area contributed by atoms with Gasteiger partial charge in [-0.3, -0.25) is 0 Å². The summed E-state index contributed by atoms with van der Waals surface area (Å²) in [6.45, 7) is 3.19. The van der Waals surface area contributed by atoms with Gasteiger partial charge in [-0.1, -0.05) is 0 Å². The van der Waals surface area contributed by atoms with Crippen molar-refractivity contribution in [3.05, 3.63) is 30.3 Å². The van der Waals surface area contributed by atoms with E-state index in [1.807, 2.05) is 0 Å². The summed E-state index contributed by atoms with van der Waals surface area (Å²) in [5.41, 5.74) is 0.206. The molecule has 1 rings (SSSR count). The smallest absolute Gasteiger partial charge is 0.508 e. The second-order valence-corrected chi connectivity index (χ2v) is 2.81. The van der Waals surface area contributed by atoms with Crippen LogP contribution in [0.2, 0.25) is 0 Å². The van der Waals surface area contributed by atoms with Gasteiger partial charge in [0.05, 0.1) is 6.54 Å². The van der Waals surface area contributed by atoms with Gasteiger partial charge in [0.15, 0.2) is 0 Å². The Balaban J connectivity index is 2.93. The van der Waals surface area contributed by atoms with Crippen molar-refractivity contribution in [1.82, 2.24) is 0 Å². The van der Waals surface area contributed by atoms with Gasteiger partial charge in [-0.2, -0.15) is 0 Å². The zero-order valence-electron chi connectivity index (χ0n) is 8.08. The second kappa shape index (κ2) is 4.72. The minimum Gasteiger partial charge on any atom is -0.508 e. The van der Waals surface area contributed by atoms with Crippen molar-refractivity contribution in [3.8, 4) is 11.5 Å². The highest BCUT2D eigenvalue weighted by Crippen LogP contribution is 2.28. The Labute approximate surface area is 89.5 Å². The second-order valence-electron chi connectivity index (χ2n) is 2.81. The number of alkyl halides is 3. The molecule has 1 aromatic rings. The van der Waals surface area contributed by atoms with Gasteiger partial charge in [-0.15, -0.1) is 13.2 Å². The van der Waals surface area contributed by atoms with Gasteiger partial charge < -0.3 is 9.84 Å². The van der Waals surface area contributed by atoms with Crippen LogP contribution in [0.4, 0.5) is 13.2 Å². The molecule has 16 heavy (non-hydrogen) atoms. The summed E-state index contributed by atoms with van der Waals surface area (Å²) in [6, 6.07) is 3.18. The molecule has 0 bridgehead atoms. The van der Waals surface area contributed by atoms with Crippen LogP contribution >= 0.6 is 0 Å². The van der Waals surface area contributed by atoms with Crippen LogP contribution in [0, 0.1) is 0 Å². The third-order valence-corrected chi connectivity index (χ3v) is 1.65. The van der Waals surface area contributed by atoms with Crippen molar-refractivity contribution >= 4 is 5.87 Å². The summed E-state index contributed by atoms with van der Waals surface area (Å²) < 4.78 is 39.4. The van der Waals surface area contributed by atoms with Crippen LogP contribution in [0.1, 0.15) is 5.56 Å². The van der Waals surface area contributed by atoms with E-state index in [0.717, 1.165) is 18.2 Å². The van der Waals surface area contributed by atoms with Gasteiger partial charge in [0.25, 0.3) is 0 Å². The maximum Gasteiger partial charge on any atom is 0.573 e. The molecule has 0 saturated heterocycles. The number of benzene rings is 1. The van der Waals surface area contributed by atoms with Crippen LogP contribution in [0.5, 0.6) is 11.5 Å². The minimum atomic E-state index is -4.75. The topological polar surface area (TPSA) is 41.8 Å². The van der Waals surface area contributed by atoms with E-state index < -0.39 is 12.1 Å². The first-order valence-electron chi connectivity index (χ1n) is 4.18. The fraction of sp³-hybridized carbons (Fsp3) is 0.200. The van der Waals surface area contributed by atoms with Gasteiger partial charge in [0.1, 0.15) is 11.5 Å². The molecule has 0 atom stereocenters. The van der Waals surface area contributed by atoms with Crippen molar-refractivity contribution in [2.24, 2.45) is 4.99 Å². The molecule has 0 fully saturated rings.